The smallest absolute Gasteiger partial charge is 0.273 e. The van der Waals surface area contributed by atoms with Gasteiger partial charge in [0.2, 0.25) is 10.0 Å². The van der Waals surface area contributed by atoms with Crippen molar-refractivity contribution < 1.29 is 25.6 Å². The average Bonchev–Trinajstić information content (AvgIpc) is 2.45. The van der Waals surface area contributed by atoms with Crippen LogP contribution in [0.2, 0.25) is 0 Å². The second-order valence-electron chi connectivity index (χ2n) is 4.26. The fourth-order valence-corrected chi connectivity index (χ4v) is 3.47. The minimum absolute atomic E-state index is 0.182. The molecule has 0 saturated heterocycles. The van der Waals surface area contributed by atoms with Crippen LogP contribution in [0.1, 0.15) is 6.92 Å². The molecule has 120 valence electrons. The number of sulfone groups is 1. The van der Waals surface area contributed by atoms with E-state index < -0.39 is 43.8 Å². The topological polar surface area (TPSA) is 106 Å². The van der Waals surface area contributed by atoms with E-state index in [0.717, 1.165) is 12.1 Å². The highest BCUT2D eigenvalue weighted by molar-refractivity contribution is 7.91. The number of alkyl halides is 2. The first-order chi connectivity index (χ1) is 9.54. The van der Waals surface area contributed by atoms with Gasteiger partial charge in [-0.2, -0.15) is 0 Å². The van der Waals surface area contributed by atoms with Crippen molar-refractivity contribution in [2.24, 2.45) is 5.73 Å². The first-order valence-corrected chi connectivity index (χ1v) is 9.08. The second kappa shape index (κ2) is 6.34. The van der Waals surface area contributed by atoms with Crippen LogP contribution in [0, 0.1) is 0 Å². The largest absolute Gasteiger partial charge is 0.325 e. The van der Waals surface area contributed by atoms with Crippen LogP contribution in [0.4, 0.5) is 8.78 Å². The first-order valence-electron chi connectivity index (χ1n) is 5.94. The van der Waals surface area contributed by atoms with E-state index >= 15 is 0 Å². The summed E-state index contributed by atoms with van der Waals surface area (Å²) in [4.78, 5) is -0.580. The molecule has 1 rings (SSSR count). The van der Waals surface area contributed by atoms with Crippen molar-refractivity contribution >= 4 is 19.9 Å². The number of hydrogen-bond acceptors (Lipinski definition) is 5. The normalized spacial score (nSPS) is 13.3. The minimum atomic E-state index is -4.24. The highest BCUT2D eigenvalue weighted by atomic mass is 32.2. The van der Waals surface area contributed by atoms with E-state index in [0.29, 0.717) is 0 Å². The maximum Gasteiger partial charge on any atom is 0.273 e. The highest BCUT2D eigenvalue weighted by Crippen LogP contribution is 2.18. The van der Waals surface area contributed by atoms with Crippen molar-refractivity contribution in [2.75, 3.05) is 18.8 Å². The molecule has 0 aliphatic rings. The van der Waals surface area contributed by atoms with Gasteiger partial charge in [0.1, 0.15) is 0 Å². The number of sulfonamides is 1. The molecule has 10 heteroatoms. The summed E-state index contributed by atoms with van der Waals surface area (Å²) in [6.07, 6.45) is 0. The Kier molecular flexibility index (Phi) is 5.42. The van der Waals surface area contributed by atoms with Gasteiger partial charge in [-0.05, 0) is 18.2 Å². The van der Waals surface area contributed by atoms with Gasteiger partial charge in [-0.3, -0.25) is 0 Å². The number of nitrogens with one attached hydrogen (secondary N) is 1. The van der Waals surface area contributed by atoms with Crippen LogP contribution < -0.4 is 10.5 Å². The molecule has 0 unspecified atom stereocenters. The number of benzene rings is 1. The minimum Gasteiger partial charge on any atom is -0.325 e. The van der Waals surface area contributed by atoms with Gasteiger partial charge in [-0.15, -0.1) is 0 Å². The Morgan fingerprint density at radius 1 is 1.19 bits per heavy atom. The Hall–Kier alpha value is -1.10. The third-order valence-corrected chi connectivity index (χ3v) is 5.81. The van der Waals surface area contributed by atoms with E-state index in [9.17, 15) is 25.6 Å². The molecule has 0 fully saturated rings. The van der Waals surface area contributed by atoms with E-state index in [-0.39, 0.29) is 10.6 Å². The molecule has 21 heavy (non-hydrogen) atoms. The zero-order valence-electron chi connectivity index (χ0n) is 11.2. The van der Waals surface area contributed by atoms with Crippen LogP contribution in [0.3, 0.4) is 0 Å². The SMILES string of the molecule is CCS(=O)(=O)c1cccc(S(=O)(=O)NCC(F)(F)CN)c1. The van der Waals surface area contributed by atoms with Gasteiger partial charge < -0.3 is 5.73 Å². The standard InChI is InChI=1S/C11H16F2N2O4S2/c1-2-20(16,17)9-4-3-5-10(6-9)21(18,19)15-8-11(12,13)7-14/h3-6,15H,2,7-8,14H2,1H3. The molecule has 0 radical (unpaired) electrons. The zero-order chi connectivity index (χ0) is 16.3. The van der Waals surface area contributed by atoms with Crippen LogP contribution in [0.5, 0.6) is 0 Å². The van der Waals surface area contributed by atoms with Crippen molar-refractivity contribution in [1.82, 2.24) is 4.72 Å². The molecule has 0 spiro atoms. The predicted octanol–water partition coefficient (Wildman–Crippen LogP) is 0.353. The molecule has 3 N–H and O–H groups in total. The van der Waals surface area contributed by atoms with Crippen molar-refractivity contribution in [1.29, 1.82) is 0 Å². The molecule has 0 amide bonds. The van der Waals surface area contributed by atoms with Gasteiger partial charge in [0.05, 0.1) is 28.6 Å². The lowest BCUT2D eigenvalue weighted by atomic mass is 10.3. The van der Waals surface area contributed by atoms with Crippen LogP contribution in [-0.4, -0.2) is 41.6 Å². The molecule has 1 aromatic rings. The van der Waals surface area contributed by atoms with Crippen LogP contribution >= 0.6 is 0 Å². The van der Waals surface area contributed by atoms with Gasteiger partial charge in [0, 0.05) is 0 Å². The molecule has 0 atom stereocenters. The van der Waals surface area contributed by atoms with E-state index in [2.05, 4.69) is 0 Å². The van der Waals surface area contributed by atoms with E-state index in [1.165, 1.54) is 19.1 Å². The van der Waals surface area contributed by atoms with Crippen molar-refractivity contribution in [3.8, 4) is 0 Å². The van der Waals surface area contributed by atoms with Gasteiger partial charge >= 0.3 is 0 Å². The molecule has 0 aromatic heterocycles. The summed E-state index contributed by atoms with van der Waals surface area (Å²) in [7, 11) is -7.83. The van der Waals surface area contributed by atoms with Crippen LogP contribution in [0.25, 0.3) is 0 Å². The predicted molar refractivity (Wildman–Crippen MR) is 73.4 cm³/mol. The lowest BCUT2D eigenvalue weighted by molar-refractivity contribution is 0.0170. The Bertz CT molecular complexity index is 703. The fraction of sp³-hybridized carbons (Fsp3) is 0.455. The lowest BCUT2D eigenvalue weighted by Gasteiger charge is -2.15. The van der Waals surface area contributed by atoms with Crippen molar-refractivity contribution in [3.63, 3.8) is 0 Å². The van der Waals surface area contributed by atoms with Gasteiger partial charge in [-0.25, -0.2) is 30.3 Å². The molecule has 0 aliphatic heterocycles. The average molecular weight is 342 g/mol. The third kappa shape index (κ3) is 4.70. The Labute approximate surface area is 122 Å². The Morgan fingerprint density at radius 2 is 1.76 bits per heavy atom. The summed E-state index contributed by atoms with van der Waals surface area (Å²) in [5, 5.41) is 0. The summed E-state index contributed by atoms with van der Waals surface area (Å²) in [6.45, 7) is -0.743. The van der Waals surface area contributed by atoms with E-state index in [1.807, 2.05) is 0 Å². The summed E-state index contributed by atoms with van der Waals surface area (Å²) < 4.78 is 74.8. The molecular weight excluding hydrogens is 326 g/mol. The number of hydrogen-bond donors (Lipinski definition) is 2. The van der Waals surface area contributed by atoms with Crippen molar-refractivity contribution in [3.05, 3.63) is 24.3 Å². The molecule has 6 nitrogen and oxygen atoms in total. The van der Waals surface area contributed by atoms with E-state index in [4.69, 9.17) is 5.73 Å². The van der Waals surface area contributed by atoms with Crippen molar-refractivity contribution in [2.45, 2.75) is 22.6 Å². The van der Waals surface area contributed by atoms with Gasteiger partial charge in [-0.1, -0.05) is 13.0 Å². The maximum atomic E-state index is 13.0. The molecule has 0 aliphatic carbocycles. The summed E-state index contributed by atoms with van der Waals surface area (Å²) in [5.74, 6) is -3.57. The molecular formula is C11H16F2N2O4S2. The maximum absolute atomic E-state index is 13.0. The Morgan fingerprint density at radius 3 is 2.29 bits per heavy atom. The quantitative estimate of drug-likeness (QED) is 0.744. The first kappa shape index (κ1) is 18.0. The van der Waals surface area contributed by atoms with Gasteiger partial charge in [0.15, 0.2) is 9.84 Å². The molecule has 0 bridgehead atoms. The number of halogens is 2. The van der Waals surface area contributed by atoms with Gasteiger partial charge in [0.25, 0.3) is 5.92 Å². The highest BCUT2D eigenvalue weighted by Gasteiger charge is 2.29. The molecule has 1 aromatic carbocycles. The van der Waals surface area contributed by atoms with E-state index in [1.54, 1.807) is 4.72 Å². The lowest BCUT2D eigenvalue weighted by Crippen LogP contribution is -2.41. The van der Waals surface area contributed by atoms with Crippen LogP contribution in [-0.2, 0) is 19.9 Å². The van der Waals surface area contributed by atoms with Crippen LogP contribution in [0.15, 0.2) is 34.1 Å². The summed E-state index contributed by atoms with van der Waals surface area (Å²) >= 11 is 0. The molecule has 0 saturated carbocycles. The summed E-state index contributed by atoms with van der Waals surface area (Å²) in [6, 6.07) is 4.53. The Balaban J connectivity index is 3.08. The monoisotopic (exact) mass is 342 g/mol. The molecule has 0 heterocycles. The zero-order valence-corrected chi connectivity index (χ0v) is 12.8. The second-order valence-corrected chi connectivity index (χ2v) is 8.31. The fourth-order valence-electron chi connectivity index (χ4n) is 1.36. The summed E-state index contributed by atoms with van der Waals surface area (Å²) in [5.41, 5.74) is 4.81. The number of nitrogens with two attached hydrogens (primary N) is 1. The number of rotatable bonds is 7. The third-order valence-electron chi connectivity index (χ3n) is 2.67.